The second-order valence-electron chi connectivity index (χ2n) is 13.4. The Hall–Kier alpha value is -3.25. The lowest BCUT2D eigenvalue weighted by molar-refractivity contribution is -0.144. The minimum Gasteiger partial charge on any atom is -0.347 e. The van der Waals surface area contributed by atoms with E-state index in [1.54, 1.807) is 16.2 Å². The van der Waals surface area contributed by atoms with Crippen molar-refractivity contribution in [2.45, 2.75) is 92.3 Å². The van der Waals surface area contributed by atoms with Crippen molar-refractivity contribution < 1.29 is 14.4 Å². The fourth-order valence-electron chi connectivity index (χ4n) is 5.60. The second-order valence-corrected chi connectivity index (χ2v) is 14.2. The molecule has 1 aromatic carbocycles. The predicted octanol–water partition coefficient (Wildman–Crippen LogP) is 5.39. The number of nitrogens with zero attached hydrogens (tertiary/aromatic N) is 3. The van der Waals surface area contributed by atoms with E-state index >= 15 is 0 Å². The van der Waals surface area contributed by atoms with Gasteiger partial charge in [0.2, 0.25) is 17.7 Å². The molecule has 1 saturated heterocycles. The summed E-state index contributed by atoms with van der Waals surface area (Å²) in [6.07, 6.45) is 2.34. The third kappa shape index (κ3) is 6.81. The number of carbonyl (C=O) groups excluding carboxylic acids is 3. The number of rotatable bonds is 9. The smallest absolute Gasteiger partial charge is 0.246 e. The molecule has 9 heteroatoms. The van der Waals surface area contributed by atoms with Crippen molar-refractivity contribution in [1.29, 1.82) is 5.26 Å². The molecule has 4 atom stereocenters. The van der Waals surface area contributed by atoms with E-state index in [1.165, 1.54) is 0 Å². The number of likely N-dealkylation sites (tertiary alicyclic amines) is 1. The van der Waals surface area contributed by atoms with Gasteiger partial charge in [0, 0.05) is 6.54 Å². The summed E-state index contributed by atoms with van der Waals surface area (Å²) >= 11 is 1.61. The molecule has 2 aliphatic rings. The molecule has 3 amide bonds. The number of carbonyl (C=O) groups is 3. The number of aromatic nitrogens is 1. The van der Waals surface area contributed by atoms with Crippen LogP contribution in [0.1, 0.15) is 84.5 Å². The molecule has 2 fully saturated rings. The Morgan fingerprint density at radius 2 is 1.83 bits per heavy atom. The number of hydrogen-bond donors (Lipinski definition) is 2. The van der Waals surface area contributed by atoms with Gasteiger partial charge in [0.25, 0.3) is 0 Å². The van der Waals surface area contributed by atoms with E-state index in [-0.39, 0.29) is 23.8 Å². The number of nitrogens with one attached hydrogen (secondary N) is 2. The molecule has 4 rings (SSSR count). The average molecular weight is 578 g/mol. The Balaban J connectivity index is 1.53. The third-order valence-corrected chi connectivity index (χ3v) is 9.21. The summed E-state index contributed by atoms with van der Waals surface area (Å²) in [6.45, 7) is 14.4. The summed E-state index contributed by atoms with van der Waals surface area (Å²) in [6, 6.07) is 8.74. The zero-order chi connectivity index (χ0) is 30.1. The van der Waals surface area contributed by atoms with E-state index in [1.807, 2.05) is 40.1 Å². The van der Waals surface area contributed by atoms with E-state index in [0.717, 1.165) is 28.1 Å². The van der Waals surface area contributed by atoms with Crippen LogP contribution in [0.4, 0.5) is 0 Å². The summed E-state index contributed by atoms with van der Waals surface area (Å²) < 4.78 is 0. The number of amides is 3. The fraction of sp³-hybridized carbons (Fsp3) is 0.594. The lowest BCUT2D eigenvalue weighted by Crippen LogP contribution is -2.58. The van der Waals surface area contributed by atoms with Gasteiger partial charge >= 0.3 is 0 Å². The first-order valence-electron chi connectivity index (χ1n) is 14.6. The Morgan fingerprint density at radius 1 is 1.17 bits per heavy atom. The number of hydrogen-bond acceptors (Lipinski definition) is 6. The molecule has 0 radical (unpaired) electrons. The highest BCUT2D eigenvalue weighted by atomic mass is 32.1. The minimum atomic E-state index is -1.03. The molecular weight excluding hydrogens is 534 g/mol. The highest BCUT2D eigenvalue weighted by Crippen LogP contribution is 2.45. The maximum atomic E-state index is 14.0. The van der Waals surface area contributed by atoms with Crippen LogP contribution in [0, 0.1) is 40.9 Å². The Morgan fingerprint density at radius 3 is 2.34 bits per heavy atom. The van der Waals surface area contributed by atoms with Gasteiger partial charge in [-0.05, 0) is 61.0 Å². The summed E-state index contributed by atoms with van der Waals surface area (Å²) in [5.41, 5.74) is 3.34. The lowest BCUT2D eigenvalue weighted by atomic mass is 9.85. The number of benzene rings is 1. The first-order chi connectivity index (χ1) is 19.3. The van der Waals surface area contributed by atoms with Crippen molar-refractivity contribution in [2.24, 2.45) is 22.7 Å². The molecule has 0 spiro atoms. The van der Waals surface area contributed by atoms with Crippen molar-refractivity contribution in [1.82, 2.24) is 20.5 Å². The third-order valence-electron chi connectivity index (χ3n) is 8.23. The first kappa shape index (κ1) is 30.7. The molecule has 0 bridgehead atoms. The van der Waals surface area contributed by atoms with Crippen molar-refractivity contribution >= 4 is 29.1 Å². The van der Waals surface area contributed by atoms with Gasteiger partial charge in [-0.15, -0.1) is 11.3 Å². The van der Waals surface area contributed by atoms with Gasteiger partial charge in [-0.25, -0.2) is 4.98 Å². The number of nitriles is 1. The highest BCUT2D eigenvalue weighted by Gasteiger charge is 2.53. The molecule has 2 N–H and O–H groups in total. The van der Waals surface area contributed by atoms with E-state index in [4.69, 9.17) is 0 Å². The van der Waals surface area contributed by atoms with E-state index in [9.17, 15) is 19.6 Å². The molecule has 220 valence electrons. The Kier molecular flexibility index (Phi) is 8.93. The van der Waals surface area contributed by atoms with Crippen molar-refractivity contribution in [3.63, 3.8) is 0 Å². The van der Waals surface area contributed by atoms with Gasteiger partial charge < -0.3 is 15.5 Å². The van der Waals surface area contributed by atoms with Crippen molar-refractivity contribution in [3.8, 4) is 16.5 Å². The summed E-state index contributed by atoms with van der Waals surface area (Å²) in [5.74, 6) is -0.348. The quantitative estimate of drug-likeness (QED) is 0.415. The maximum Gasteiger partial charge on any atom is 0.246 e. The van der Waals surface area contributed by atoms with E-state index in [2.05, 4.69) is 59.8 Å². The van der Waals surface area contributed by atoms with E-state index in [0.29, 0.717) is 31.7 Å². The summed E-state index contributed by atoms with van der Waals surface area (Å²) in [4.78, 5) is 47.9. The SMILES string of the molecule is Cc1ncsc1-c1ccc([C@H](CC(C)C)NC(=O)[C@@H]2C[C@@H](C)CN2C(=O)[C@@H](NC(=O)C2(C#N)CC2)C(C)(C)C)cc1. The number of aryl methyl sites for hydroxylation is 1. The summed E-state index contributed by atoms with van der Waals surface area (Å²) in [7, 11) is 0. The molecule has 2 heterocycles. The highest BCUT2D eigenvalue weighted by molar-refractivity contribution is 7.13. The molecule has 8 nitrogen and oxygen atoms in total. The van der Waals surface area contributed by atoms with E-state index < -0.39 is 28.8 Å². The molecule has 2 aromatic rings. The largest absolute Gasteiger partial charge is 0.347 e. The number of thiazole rings is 1. The van der Waals surface area contributed by atoms with Crippen LogP contribution in [0.5, 0.6) is 0 Å². The van der Waals surface area contributed by atoms with Crippen LogP contribution in [0.15, 0.2) is 29.8 Å². The zero-order valence-corrected chi connectivity index (χ0v) is 26.1. The second kappa shape index (κ2) is 11.9. The topological polar surface area (TPSA) is 115 Å². The van der Waals surface area contributed by atoms with Crippen LogP contribution in [-0.4, -0.2) is 46.2 Å². The Labute approximate surface area is 247 Å². The van der Waals surface area contributed by atoms with Gasteiger partial charge in [-0.3, -0.25) is 14.4 Å². The van der Waals surface area contributed by atoms with Gasteiger partial charge in [0.1, 0.15) is 17.5 Å². The van der Waals surface area contributed by atoms with Crippen molar-refractivity contribution in [2.75, 3.05) is 6.54 Å². The molecule has 1 aromatic heterocycles. The van der Waals surface area contributed by atoms with Crippen LogP contribution in [-0.2, 0) is 14.4 Å². The van der Waals surface area contributed by atoms with Gasteiger partial charge in [0.05, 0.1) is 28.2 Å². The Bertz CT molecular complexity index is 1320. The fourth-order valence-corrected chi connectivity index (χ4v) is 6.41. The first-order valence-corrected chi connectivity index (χ1v) is 15.5. The van der Waals surface area contributed by atoms with Crippen LogP contribution in [0.25, 0.3) is 10.4 Å². The molecule has 41 heavy (non-hydrogen) atoms. The standard InChI is InChI=1S/C32H43N5O3S/c1-19(2)14-24(22-8-10-23(11-9-22)26-21(4)34-18-41-26)35-28(38)25-15-20(3)16-37(25)29(39)27(31(5,6)7)36-30(40)32(17-33)12-13-32/h8-11,18-20,24-25,27H,12-16H2,1-7H3,(H,35,38)(H,36,40)/t20-,24+,25+,27-/m1/s1. The predicted molar refractivity (Wildman–Crippen MR) is 161 cm³/mol. The normalized spacial score (nSPS) is 21.2. The molecular formula is C32H43N5O3S. The van der Waals surface area contributed by atoms with Crippen LogP contribution >= 0.6 is 11.3 Å². The van der Waals surface area contributed by atoms with Crippen LogP contribution in [0.2, 0.25) is 0 Å². The minimum absolute atomic E-state index is 0.144. The zero-order valence-electron chi connectivity index (χ0n) is 25.3. The monoisotopic (exact) mass is 577 g/mol. The maximum absolute atomic E-state index is 14.0. The lowest BCUT2D eigenvalue weighted by Gasteiger charge is -2.36. The molecule has 1 aliphatic carbocycles. The van der Waals surface area contributed by atoms with Crippen LogP contribution < -0.4 is 10.6 Å². The van der Waals surface area contributed by atoms with Gasteiger partial charge in [-0.2, -0.15) is 5.26 Å². The molecule has 1 aliphatic heterocycles. The van der Waals surface area contributed by atoms with Gasteiger partial charge in [0.15, 0.2) is 0 Å². The van der Waals surface area contributed by atoms with Crippen LogP contribution in [0.3, 0.4) is 0 Å². The average Bonchev–Trinajstić information content (AvgIpc) is 3.44. The van der Waals surface area contributed by atoms with Gasteiger partial charge in [-0.1, -0.05) is 65.8 Å². The molecule has 1 saturated carbocycles. The van der Waals surface area contributed by atoms with Crippen molar-refractivity contribution in [3.05, 3.63) is 41.0 Å². The summed E-state index contributed by atoms with van der Waals surface area (Å²) in [5, 5.41) is 15.7. The molecule has 0 unspecified atom stereocenters.